The molecule has 2 aromatic carbocycles. The molecule has 26 heavy (non-hydrogen) atoms. The minimum atomic E-state index is -0.282. The van der Waals surface area contributed by atoms with Crippen molar-refractivity contribution in [2.75, 3.05) is 11.9 Å². The van der Waals surface area contributed by atoms with E-state index < -0.39 is 0 Å². The van der Waals surface area contributed by atoms with Crippen molar-refractivity contribution in [1.29, 1.82) is 0 Å². The third-order valence-corrected chi connectivity index (χ3v) is 4.10. The van der Waals surface area contributed by atoms with Gasteiger partial charge in [-0.05, 0) is 60.4 Å². The number of nitrogens with one attached hydrogen (secondary N) is 1. The Hall–Kier alpha value is -2.88. The summed E-state index contributed by atoms with van der Waals surface area (Å²) in [6.45, 7) is 6.99. The second-order valence-electron chi connectivity index (χ2n) is 6.93. The van der Waals surface area contributed by atoms with Gasteiger partial charge in [-0.2, -0.15) is 0 Å². The van der Waals surface area contributed by atoms with Gasteiger partial charge in [0.05, 0.1) is 5.69 Å². The van der Waals surface area contributed by atoms with E-state index in [9.17, 15) is 9.50 Å². The summed E-state index contributed by atoms with van der Waals surface area (Å²) in [5.41, 5.74) is 3.97. The first kappa shape index (κ1) is 17.9. The summed E-state index contributed by atoms with van der Waals surface area (Å²) in [7, 11) is 0. The number of anilines is 1. The van der Waals surface area contributed by atoms with Gasteiger partial charge in [0.25, 0.3) is 0 Å². The van der Waals surface area contributed by atoms with Crippen LogP contribution in [0.1, 0.15) is 19.4 Å². The summed E-state index contributed by atoms with van der Waals surface area (Å²) >= 11 is 0. The van der Waals surface area contributed by atoms with E-state index in [1.807, 2.05) is 37.3 Å². The number of aromatic hydroxyl groups is 1. The third kappa shape index (κ3) is 4.20. The topological polar surface area (TPSA) is 45.1 Å². The molecule has 134 valence electrons. The van der Waals surface area contributed by atoms with E-state index in [4.69, 9.17) is 0 Å². The Labute approximate surface area is 153 Å². The number of phenolic OH excluding ortho intramolecular Hbond substituents is 1. The fourth-order valence-corrected chi connectivity index (χ4v) is 2.76. The molecule has 0 bridgehead atoms. The van der Waals surface area contributed by atoms with E-state index in [2.05, 4.69) is 24.1 Å². The number of phenols is 1. The number of rotatable bonds is 5. The number of pyridine rings is 1. The lowest BCUT2D eigenvalue weighted by Crippen LogP contribution is -2.09. The van der Waals surface area contributed by atoms with Crippen molar-refractivity contribution < 1.29 is 9.50 Å². The van der Waals surface area contributed by atoms with Gasteiger partial charge in [-0.3, -0.25) is 0 Å². The van der Waals surface area contributed by atoms with Crippen molar-refractivity contribution in [3.63, 3.8) is 0 Å². The van der Waals surface area contributed by atoms with E-state index in [-0.39, 0.29) is 11.6 Å². The first-order chi connectivity index (χ1) is 12.4. The molecule has 0 spiro atoms. The molecule has 0 aliphatic carbocycles. The van der Waals surface area contributed by atoms with Gasteiger partial charge in [-0.1, -0.05) is 37.6 Å². The molecule has 4 heteroatoms. The van der Waals surface area contributed by atoms with Gasteiger partial charge in [0, 0.05) is 12.1 Å². The van der Waals surface area contributed by atoms with Crippen LogP contribution in [-0.2, 0) is 0 Å². The van der Waals surface area contributed by atoms with Gasteiger partial charge in [0.1, 0.15) is 17.4 Å². The number of aromatic nitrogens is 1. The minimum Gasteiger partial charge on any atom is -0.507 e. The second-order valence-corrected chi connectivity index (χ2v) is 6.93. The summed E-state index contributed by atoms with van der Waals surface area (Å²) in [5, 5.41) is 13.6. The number of aryl methyl sites for hydroxylation is 1. The monoisotopic (exact) mass is 350 g/mol. The molecular weight excluding hydrogens is 327 g/mol. The van der Waals surface area contributed by atoms with Gasteiger partial charge in [0.15, 0.2) is 0 Å². The SMILES string of the molecule is Cc1ccc(O)c(-c2cc(-c3cccc(F)c3)cc(NCC(C)C)n2)c1. The minimum absolute atomic E-state index is 0.175. The standard InChI is InChI=1S/C22H23FN2O/c1-14(2)13-24-22-12-17(16-5-4-6-18(23)10-16)11-20(25-22)19-9-15(3)7-8-21(19)26/h4-12,14,26H,13H2,1-3H3,(H,24,25). The third-order valence-electron chi connectivity index (χ3n) is 4.10. The molecule has 3 rings (SSSR count). The predicted molar refractivity (Wildman–Crippen MR) is 105 cm³/mol. The summed E-state index contributed by atoms with van der Waals surface area (Å²) in [5.74, 6) is 1.06. The number of hydrogen-bond donors (Lipinski definition) is 2. The highest BCUT2D eigenvalue weighted by Crippen LogP contribution is 2.33. The average Bonchev–Trinajstić information content (AvgIpc) is 2.62. The van der Waals surface area contributed by atoms with Gasteiger partial charge >= 0.3 is 0 Å². The van der Waals surface area contributed by atoms with Crippen molar-refractivity contribution in [2.24, 2.45) is 5.92 Å². The van der Waals surface area contributed by atoms with E-state index in [0.717, 1.165) is 23.2 Å². The zero-order valence-electron chi connectivity index (χ0n) is 15.3. The molecule has 1 aromatic heterocycles. The lowest BCUT2D eigenvalue weighted by atomic mass is 10.0. The van der Waals surface area contributed by atoms with Crippen LogP contribution in [0.3, 0.4) is 0 Å². The number of halogens is 1. The highest BCUT2D eigenvalue weighted by Gasteiger charge is 2.11. The molecule has 0 radical (unpaired) electrons. The van der Waals surface area contributed by atoms with Crippen molar-refractivity contribution in [3.8, 4) is 28.1 Å². The van der Waals surface area contributed by atoms with Crippen LogP contribution in [0.2, 0.25) is 0 Å². The Morgan fingerprint density at radius 1 is 1.04 bits per heavy atom. The summed E-state index contributed by atoms with van der Waals surface area (Å²) in [6, 6.07) is 15.7. The van der Waals surface area contributed by atoms with Crippen LogP contribution in [0, 0.1) is 18.7 Å². The zero-order valence-corrected chi connectivity index (χ0v) is 15.3. The highest BCUT2D eigenvalue weighted by molar-refractivity contribution is 5.76. The van der Waals surface area contributed by atoms with Gasteiger partial charge in [0.2, 0.25) is 0 Å². The van der Waals surface area contributed by atoms with Crippen LogP contribution in [0.5, 0.6) is 5.75 Å². The summed E-state index contributed by atoms with van der Waals surface area (Å²) < 4.78 is 13.7. The van der Waals surface area contributed by atoms with Crippen LogP contribution in [0.4, 0.5) is 10.2 Å². The molecule has 0 aliphatic rings. The maximum Gasteiger partial charge on any atom is 0.127 e. The van der Waals surface area contributed by atoms with Gasteiger partial charge < -0.3 is 10.4 Å². The Morgan fingerprint density at radius 3 is 2.58 bits per heavy atom. The quantitative estimate of drug-likeness (QED) is 0.626. The molecule has 2 N–H and O–H groups in total. The van der Waals surface area contributed by atoms with Crippen LogP contribution in [0.25, 0.3) is 22.4 Å². The van der Waals surface area contributed by atoms with Crippen LogP contribution in [-0.4, -0.2) is 16.6 Å². The van der Waals surface area contributed by atoms with E-state index in [1.54, 1.807) is 12.1 Å². The molecule has 0 aliphatic heterocycles. The first-order valence-electron chi connectivity index (χ1n) is 8.74. The maximum atomic E-state index is 13.7. The summed E-state index contributed by atoms with van der Waals surface area (Å²) in [6.07, 6.45) is 0. The first-order valence-corrected chi connectivity index (χ1v) is 8.74. The van der Waals surface area contributed by atoms with Crippen LogP contribution >= 0.6 is 0 Å². The van der Waals surface area contributed by atoms with Crippen LogP contribution < -0.4 is 5.32 Å². The highest BCUT2D eigenvalue weighted by atomic mass is 19.1. The predicted octanol–water partition coefficient (Wildman–Crippen LogP) is 5.64. The smallest absolute Gasteiger partial charge is 0.127 e. The maximum absolute atomic E-state index is 13.7. The molecule has 0 atom stereocenters. The molecule has 0 saturated carbocycles. The molecule has 0 amide bonds. The van der Waals surface area contributed by atoms with E-state index >= 15 is 0 Å². The van der Waals surface area contributed by atoms with Gasteiger partial charge in [-0.15, -0.1) is 0 Å². The molecule has 1 heterocycles. The fraction of sp³-hybridized carbons (Fsp3) is 0.227. The Kier molecular flexibility index (Phi) is 5.21. The summed E-state index contributed by atoms with van der Waals surface area (Å²) in [4.78, 5) is 4.66. The Morgan fingerprint density at radius 2 is 1.85 bits per heavy atom. The molecule has 3 nitrogen and oxygen atoms in total. The number of benzene rings is 2. The molecule has 0 fully saturated rings. The van der Waals surface area contributed by atoms with E-state index in [0.29, 0.717) is 23.0 Å². The largest absolute Gasteiger partial charge is 0.507 e. The molecule has 3 aromatic rings. The van der Waals surface area contributed by atoms with Crippen molar-refractivity contribution in [2.45, 2.75) is 20.8 Å². The molecule has 0 unspecified atom stereocenters. The number of nitrogens with zero attached hydrogens (tertiary/aromatic N) is 1. The number of hydrogen-bond acceptors (Lipinski definition) is 3. The Balaban J connectivity index is 2.12. The lowest BCUT2D eigenvalue weighted by Gasteiger charge is -2.14. The van der Waals surface area contributed by atoms with E-state index in [1.165, 1.54) is 12.1 Å². The average molecular weight is 350 g/mol. The molecule has 0 saturated heterocycles. The fourth-order valence-electron chi connectivity index (χ4n) is 2.76. The van der Waals surface area contributed by atoms with Crippen molar-refractivity contribution >= 4 is 5.82 Å². The Bertz CT molecular complexity index is 922. The van der Waals surface area contributed by atoms with Gasteiger partial charge in [-0.25, -0.2) is 9.37 Å². The lowest BCUT2D eigenvalue weighted by molar-refractivity contribution is 0.477. The second kappa shape index (κ2) is 7.56. The van der Waals surface area contributed by atoms with Crippen molar-refractivity contribution in [1.82, 2.24) is 4.98 Å². The van der Waals surface area contributed by atoms with Crippen molar-refractivity contribution in [3.05, 3.63) is 66.0 Å². The molecular formula is C22H23FN2O. The normalized spacial score (nSPS) is 11.0. The van der Waals surface area contributed by atoms with Crippen LogP contribution in [0.15, 0.2) is 54.6 Å². The zero-order chi connectivity index (χ0) is 18.7.